The topological polar surface area (TPSA) is 79.8 Å². The van der Waals surface area contributed by atoms with Crippen molar-refractivity contribution in [1.29, 1.82) is 10.5 Å². The molecule has 0 unspecified atom stereocenters. The van der Waals surface area contributed by atoms with Crippen LogP contribution >= 0.6 is 0 Å². The highest BCUT2D eigenvalue weighted by atomic mass is 16.3. The Balaban J connectivity index is 2.96. The molecule has 0 aliphatic heterocycles. The van der Waals surface area contributed by atoms with Crippen molar-refractivity contribution in [2.75, 3.05) is 5.32 Å². The van der Waals surface area contributed by atoms with Crippen molar-refractivity contribution in [2.24, 2.45) is 0 Å². The van der Waals surface area contributed by atoms with Gasteiger partial charge in [0.15, 0.2) is 0 Å². The summed E-state index contributed by atoms with van der Waals surface area (Å²) in [7, 11) is 0. The molecule has 0 heterocycles. The van der Waals surface area contributed by atoms with E-state index in [2.05, 4.69) is 5.32 Å². The van der Waals surface area contributed by atoms with Gasteiger partial charge in [-0.05, 0) is 29.7 Å². The van der Waals surface area contributed by atoms with Crippen molar-refractivity contribution >= 4 is 5.69 Å². The number of hydrogen-bond donors (Lipinski definition) is 2. The normalized spacial score (nSPS) is 9.24. The van der Waals surface area contributed by atoms with E-state index in [9.17, 15) is 5.11 Å². The number of allylic oxidation sites excluding steroid dienone is 1. The number of phenols is 1. The summed E-state index contributed by atoms with van der Waals surface area (Å²) in [6.45, 7) is 3.95. The van der Waals surface area contributed by atoms with Gasteiger partial charge in [-0.15, -0.1) is 0 Å². The van der Waals surface area contributed by atoms with Gasteiger partial charge >= 0.3 is 0 Å². The van der Waals surface area contributed by atoms with Crippen LogP contribution in [0.5, 0.6) is 5.75 Å². The molecule has 4 heteroatoms. The maximum absolute atomic E-state index is 9.63. The van der Waals surface area contributed by atoms with E-state index in [1.54, 1.807) is 30.3 Å². The molecule has 0 aromatic heterocycles. The fourth-order valence-electron chi connectivity index (χ4n) is 1.35. The fraction of sp³-hybridized carbons (Fsp3) is 0.231. The maximum Gasteiger partial charge on any atom is 0.145 e. The summed E-state index contributed by atoms with van der Waals surface area (Å²) in [5.74, 6) is 0.447. The van der Waals surface area contributed by atoms with Crippen molar-refractivity contribution in [3.63, 3.8) is 0 Å². The Morgan fingerprint density at radius 3 is 2.53 bits per heavy atom. The number of benzene rings is 1. The number of nitrogens with zero attached hydrogens (tertiary/aromatic N) is 2. The van der Waals surface area contributed by atoms with E-state index in [0.29, 0.717) is 0 Å². The highest BCUT2D eigenvalue weighted by molar-refractivity contribution is 5.54. The first-order chi connectivity index (χ1) is 8.08. The summed E-state index contributed by atoms with van der Waals surface area (Å²) in [5, 5.41) is 29.6. The van der Waals surface area contributed by atoms with Crippen LogP contribution in [0.25, 0.3) is 0 Å². The first kappa shape index (κ1) is 12.6. The van der Waals surface area contributed by atoms with Crippen LogP contribution in [0, 0.1) is 22.7 Å². The van der Waals surface area contributed by atoms with Crippen LogP contribution in [0.15, 0.2) is 30.0 Å². The first-order valence-corrected chi connectivity index (χ1v) is 5.18. The number of anilines is 1. The second-order valence-electron chi connectivity index (χ2n) is 3.85. The van der Waals surface area contributed by atoms with Crippen LogP contribution in [-0.2, 0) is 0 Å². The predicted octanol–water partition coefficient (Wildman–Crippen LogP) is 2.86. The van der Waals surface area contributed by atoms with E-state index in [1.807, 2.05) is 13.8 Å². The van der Waals surface area contributed by atoms with Gasteiger partial charge in [-0.3, -0.25) is 0 Å². The molecule has 0 radical (unpaired) electrons. The number of nitriles is 2. The van der Waals surface area contributed by atoms with Crippen LogP contribution in [0.3, 0.4) is 0 Å². The lowest BCUT2D eigenvalue weighted by Crippen LogP contribution is -1.93. The second-order valence-corrected chi connectivity index (χ2v) is 3.85. The summed E-state index contributed by atoms with van der Waals surface area (Å²) in [4.78, 5) is 0. The van der Waals surface area contributed by atoms with E-state index in [-0.39, 0.29) is 17.2 Å². The SMILES string of the molecule is CC(C)c1cc(NC=C(C#N)C#N)ccc1O. The molecule has 1 aromatic rings. The molecule has 0 aliphatic rings. The van der Waals surface area contributed by atoms with Crippen LogP contribution in [0.2, 0.25) is 0 Å². The first-order valence-electron chi connectivity index (χ1n) is 5.18. The molecular weight excluding hydrogens is 214 g/mol. The van der Waals surface area contributed by atoms with Gasteiger partial charge in [0.1, 0.15) is 23.5 Å². The monoisotopic (exact) mass is 227 g/mol. The Kier molecular flexibility index (Phi) is 4.14. The minimum atomic E-state index is 0.00386. The number of phenolic OH excluding ortho intramolecular Hbond substituents is 1. The van der Waals surface area contributed by atoms with E-state index in [1.165, 1.54) is 6.20 Å². The molecule has 1 rings (SSSR count). The van der Waals surface area contributed by atoms with Gasteiger partial charge in [-0.25, -0.2) is 0 Å². The molecule has 4 nitrogen and oxygen atoms in total. The highest BCUT2D eigenvalue weighted by Crippen LogP contribution is 2.28. The van der Waals surface area contributed by atoms with Crippen molar-refractivity contribution in [1.82, 2.24) is 0 Å². The molecule has 0 saturated heterocycles. The lowest BCUT2D eigenvalue weighted by Gasteiger charge is -2.10. The summed E-state index contributed by atoms with van der Waals surface area (Å²) in [6.07, 6.45) is 1.34. The molecule has 1 aromatic carbocycles. The molecule has 0 aliphatic carbocycles. The molecule has 86 valence electrons. The fourth-order valence-corrected chi connectivity index (χ4v) is 1.35. The maximum atomic E-state index is 9.63. The molecule has 2 N–H and O–H groups in total. The molecule has 17 heavy (non-hydrogen) atoms. The predicted molar refractivity (Wildman–Crippen MR) is 65.1 cm³/mol. The quantitative estimate of drug-likeness (QED) is 0.614. The van der Waals surface area contributed by atoms with Gasteiger partial charge in [0, 0.05) is 11.9 Å². The molecule has 0 bridgehead atoms. The second kappa shape index (κ2) is 5.58. The van der Waals surface area contributed by atoms with Crippen LogP contribution in [0.4, 0.5) is 5.69 Å². The zero-order valence-electron chi connectivity index (χ0n) is 9.73. The number of hydrogen-bond acceptors (Lipinski definition) is 4. The van der Waals surface area contributed by atoms with Crippen molar-refractivity contribution in [3.8, 4) is 17.9 Å². The highest BCUT2D eigenvalue weighted by Gasteiger charge is 2.06. The molecule has 0 atom stereocenters. The molecule has 0 amide bonds. The smallest absolute Gasteiger partial charge is 0.145 e. The minimum absolute atomic E-state index is 0.00386. The molecular formula is C13H13N3O. The standard InChI is InChI=1S/C13H13N3O/c1-9(2)12-5-11(3-4-13(12)17)16-8-10(6-14)7-15/h3-5,8-9,16-17H,1-2H3. The Morgan fingerprint density at radius 2 is 2.00 bits per heavy atom. The van der Waals surface area contributed by atoms with Crippen molar-refractivity contribution in [3.05, 3.63) is 35.5 Å². The minimum Gasteiger partial charge on any atom is -0.508 e. The Hall–Kier alpha value is -2.46. The third kappa shape index (κ3) is 3.25. The lowest BCUT2D eigenvalue weighted by atomic mass is 10.0. The van der Waals surface area contributed by atoms with Gasteiger partial charge in [0.25, 0.3) is 0 Å². The van der Waals surface area contributed by atoms with E-state index in [0.717, 1.165) is 11.3 Å². The van der Waals surface area contributed by atoms with Crippen LogP contribution in [0.1, 0.15) is 25.3 Å². The summed E-state index contributed by atoms with van der Waals surface area (Å²) in [5.41, 5.74) is 1.55. The van der Waals surface area contributed by atoms with Gasteiger partial charge < -0.3 is 10.4 Å². The lowest BCUT2D eigenvalue weighted by molar-refractivity contribution is 0.465. The van der Waals surface area contributed by atoms with Gasteiger partial charge in [-0.2, -0.15) is 10.5 Å². The third-order valence-electron chi connectivity index (χ3n) is 2.27. The molecule has 0 fully saturated rings. The van der Waals surface area contributed by atoms with Gasteiger partial charge in [0.2, 0.25) is 0 Å². The zero-order valence-corrected chi connectivity index (χ0v) is 9.73. The van der Waals surface area contributed by atoms with Crippen molar-refractivity contribution < 1.29 is 5.11 Å². The van der Waals surface area contributed by atoms with E-state index >= 15 is 0 Å². The number of aromatic hydroxyl groups is 1. The third-order valence-corrected chi connectivity index (χ3v) is 2.27. The van der Waals surface area contributed by atoms with Crippen molar-refractivity contribution in [2.45, 2.75) is 19.8 Å². The molecule has 0 spiro atoms. The Morgan fingerprint density at radius 1 is 1.35 bits per heavy atom. The number of rotatable bonds is 3. The largest absolute Gasteiger partial charge is 0.508 e. The van der Waals surface area contributed by atoms with Crippen LogP contribution < -0.4 is 5.32 Å². The van der Waals surface area contributed by atoms with Gasteiger partial charge in [-0.1, -0.05) is 13.8 Å². The average molecular weight is 227 g/mol. The Labute approximate surface area is 100 Å². The van der Waals surface area contributed by atoms with Crippen LogP contribution in [-0.4, -0.2) is 5.11 Å². The zero-order chi connectivity index (χ0) is 12.8. The van der Waals surface area contributed by atoms with Gasteiger partial charge in [0.05, 0.1) is 0 Å². The Bertz CT molecular complexity index is 502. The summed E-state index contributed by atoms with van der Waals surface area (Å²) in [6, 6.07) is 8.58. The summed E-state index contributed by atoms with van der Waals surface area (Å²) < 4.78 is 0. The van der Waals surface area contributed by atoms with E-state index < -0.39 is 0 Å². The number of nitrogens with one attached hydrogen (secondary N) is 1. The summed E-state index contributed by atoms with van der Waals surface area (Å²) >= 11 is 0. The van der Waals surface area contributed by atoms with E-state index in [4.69, 9.17) is 10.5 Å². The molecule has 0 saturated carbocycles. The average Bonchev–Trinajstić information content (AvgIpc) is 2.32.